The van der Waals surface area contributed by atoms with Gasteiger partial charge in [0.1, 0.15) is 5.25 Å². The van der Waals surface area contributed by atoms with Crippen molar-refractivity contribution >= 4 is 9.84 Å². The van der Waals surface area contributed by atoms with E-state index in [-0.39, 0.29) is 17.0 Å². The zero-order valence-corrected chi connectivity index (χ0v) is 13.5. The van der Waals surface area contributed by atoms with Gasteiger partial charge >= 0.3 is 0 Å². The van der Waals surface area contributed by atoms with Crippen molar-refractivity contribution in [1.82, 2.24) is 4.90 Å². The number of sulfone groups is 1. The van der Waals surface area contributed by atoms with Crippen LogP contribution in [0.2, 0.25) is 0 Å². The Balaban J connectivity index is 1.46. The third kappa shape index (κ3) is 3.78. The molecular formula is C15H27NO4S. The van der Waals surface area contributed by atoms with Crippen molar-refractivity contribution in [1.29, 1.82) is 0 Å². The second-order valence-electron chi connectivity index (χ2n) is 6.60. The first-order chi connectivity index (χ1) is 10.2. The summed E-state index contributed by atoms with van der Waals surface area (Å²) in [5.74, 6) is 1.02. The van der Waals surface area contributed by atoms with Crippen LogP contribution in [0, 0.1) is 5.92 Å². The smallest absolute Gasteiger partial charge is 0.158 e. The van der Waals surface area contributed by atoms with Crippen molar-refractivity contribution < 1.29 is 17.9 Å². The normalized spacial score (nSPS) is 33.9. The van der Waals surface area contributed by atoms with Crippen LogP contribution in [-0.4, -0.2) is 69.9 Å². The van der Waals surface area contributed by atoms with Crippen molar-refractivity contribution in [2.75, 3.05) is 45.3 Å². The summed E-state index contributed by atoms with van der Waals surface area (Å²) in [7, 11) is -2.97. The lowest BCUT2D eigenvalue weighted by molar-refractivity contribution is 0.0161. The van der Waals surface area contributed by atoms with Crippen LogP contribution in [0.1, 0.15) is 32.1 Å². The molecule has 3 fully saturated rings. The molecule has 0 spiro atoms. The predicted octanol–water partition coefficient (Wildman–Crippen LogP) is 1.08. The summed E-state index contributed by atoms with van der Waals surface area (Å²) in [6.45, 7) is 4.15. The molecule has 0 aromatic rings. The second-order valence-corrected chi connectivity index (χ2v) is 8.94. The summed E-state index contributed by atoms with van der Waals surface area (Å²) in [6, 6.07) is 0.132. The van der Waals surface area contributed by atoms with Gasteiger partial charge in [0, 0.05) is 32.3 Å². The third-order valence-electron chi connectivity index (χ3n) is 5.21. The SMILES string of the molecule is O=S1(=O)CCN(CCOCC2CCCC2)C2CCOCC21. The van der Waals surface area contributed by atoms with E-state index in [9.17, 15) is 8.42 Å². The molecule has 5 nitrogen and oxygen atoms in total. The van der Waals surface area contributed by atoms with E-state index in [2.05, 4.69) is 4.90 Å². The summed E-state index contributed by atoms with van der Waals surface area (Å²) in [5.41, 5.74) is 0. The predicted molar refractivity (Wildman–Crippen MR) is 81.1 cm³/mol. The number of ether oxygens (including phenoxy) is 2. The van der Waals surface area contributed by atoms with E-state index < -0.39 is 9.84 Å². The largest absolute Gasteiger partial charge is 0.380 e. The van der Waals surface area contributed by atoms with Gasteiger partial charge in [0.05, 0.1) is 19.0 Å². The Kier molecular flexibility index (Phi) is 5.19. The molecule has 6 heteroatoms. The highest BCUT2D eigenvalue weighted by molar-refractivity contribution is 7.92. The van der Waals surface area contributed by atoms with Crippen LogP contribution in [-0.2, 0) is 19.3 Å². The minimum Gasteiger partial charge on any atom is -0.380 e. The highest BCUT2D eigenvalue weighted by Gasteiger charge is 2.43. The van der Waals surface area contributed by atoms with E-state index in [0.717, 1.165) is 32.1 Å². The summed E-state index contributed by atoms with van der Waals surface area (Å²) in [4.78, 5) is 2.31. The minimum absolute atomic E-state index is 0.132. The van der Waals surface area contributed by atoms with E-state index in [1.165, 1.54) is 25.7 Å². The summed E-state index contributed by atoms with van der Waals surface area (Å²) in [6.07, 6.45) is 6.14. The highest BCUT2D eigenvalue weighted by atomic mass is 32.2. The van der Waals surface area contributed by atoms with Crippen molar-refractivity contribution in [3.8, 4) is 0 Å². The molecule has 2 saturated heterocycles. The lowest BCUT2D eigenvalue weighted by atomic mass is 10.1. The van der Waals surface area contributed by atoms with Gasteiger partial charge in [-0.15, -0.1) is 0 Å². The van der Waals surface area contributed by atoms with Crippen LogP contribution >= 0.6 is 0 Å². The highest BCUT2D eigenvalue weighted by Crippen LogP contribution is 2.26. The zero-order valence-electron chi connectivity index (χ0n) is 12.7. The van der Waals surface area contributed by atoms with E-state index in [4.69, 9.17) is 9.47 Å². The van der Waals surface area contributed by atoms with Gasteiger partial charge in [-0.25, -0.2) is 8.42 Å². The first kappa shape index (κ1) is 15.7. The Labute approximate surface area is 127 Å². The van der Waals surface area contributed by atoms with Gasteiger partial charge in [-0.1, -0.05) is 12.8 Å². The molecule has 0 radical (unpaired) electrons. The molecule has 0 aromatic heterocycles. The van der Waals surface area contributed by atoms with Crippen LogP contribution in [0.3, 0.4) is 0 Å². The Bertz CT molecular complexity index is 433. The van der Waals surface area contributed by atoms with Crippen LogP contribution in [0.5, 0.6) is 0 Å². The number of rotatable bonds is 5. The Morgan fingerprint density at radius 3 is 2.81 bits per heavy atom. The quantitative estimate of drug-likeness (QED) is 0.710. The van der Waals surface area contributed by atoms with Gasteiger partial charge in [-0.3, -0.25) is 4.90 Å². The molecule has 0 amide bonds. The van der Waals surface area contributed by atoms with E-state index in [0.29, 0.717) is 19.8 Å². The van der Waals surface area contributed by atoms with Crippen molar-refractivity contribution in [3.63, 3.8) is 0 Å². The van der Waals surface area contributed by atoms with Gasteiger partial charge in [-0.05, 0) is 25.2 Å². The molecule has 2 atom stereocenters. The molecule has 3 rings (SSSR count). The molecule has 3 aliphatic rings. The average molecular weight is 317 g/mol. The fraction of sp³-hybridized carbons (Fsp3) is 1.00. The molecule has 1 saturated carbocycles. The Hall–Kier alpha value is -0.170. The van der Waals surface area contributed by atoms with E-state index in [1.54, 1.807) is 0 Å². The maximum atomic E-state index is 12.1. The molecule has 2 aliphatic heterocycles. The minimum atomic E-state index is -2.97. The summed E-state index contributed by atoms with van der Waals surface area (Å²) >= 11 is 0. The average Bonchev–Trinajstić information content (AvgIpc) is 2.99. The molecule has 0 aromatic carbocycles. The maximum absolute atomic E-state index is 12.1. The van der Waals surface area contributed by atoms with Gasteiger partial charge < -0.3 is 9.47 Å². The van der Waals surface area contributed by atoms with Crippen molar-refractivity contribution in [2.45, 2.75) is 43.4 Å². The summed E-state index contributed by atoms with van der Waals surface area (Å²) < 4.78 is 35.5. The van der Waals surface area contributed by atoms with Gasteiger partial charge in [0.15, 0.2) is 9.84 Å². The van der Waals surface area contributed by atoms with E-state index >= 15 is 0 Å². The van der Waals surface area contributed by atoms with Gasteiger partial charge in [0.25, 0.3) is 0 Å². The Morgan fingerprint density at radius 1 is 1.19 bits per heavy atom. The van der Waals surface area contributed by atoms with Crippen molar-refractivity contribution in [2.24, 2.45) is 5.92 Å². The lowest BCUT2D eigenvalue weighted by Crippen LogP contribution is -2.59. The van der Waals surface area contributed by atoms with Gasteiger partial charge in [0.2, 0.25) is 0 Å². The van der Waals surface area contributed by atoms with E-state index in [1.807, 2.05) is 0 Å². The maximum Gasteiger partial charge on any atom is 0.158 e. The zero-order chi connectivity index (χ0) is 14.7. The number of nitrogens with zero attached hydrogens (tertiary/aromatic N) is 1. The number of hydrogen-bond acceptors (Lipinski definition) is 5. The molecule has 0 N–H and O–H groups in total. The first-order valence-electron chi connectivity index (χ1n) is 8.28. The molecular weight excluding hydrogens is 290 g/mol. The van der Waals surface area contributed by atoms with Crippen LogP contribution in [0.4, 0.5) is 0 Å². The topological polar surface area (TPSA) is 55.8 Å². The van der Waals surface area contributed by atoms with Gasteiger partial charge in [-0.2, -0.15) is 0 Å². The molecule has 1 aliphatic carbocycles. The third-order valence-corrected chi connectivity index (χ3v) is 7.34. The standard InChI is InChI=1S/C15H27NO4S/c17-21(18)10-7-16(14-5-8-19-12-15(14)21)6-9-20-11-13-3-1-2-4-13/h13-15H,1-12H2. The van der Waals surface area contributed by atoms with Crippen molar-refractivity contribution in [3.05, 3.63) is 0 Å². The fourth-order valence-electron chi connectivity index (χ4n) is 3.91. The first-order valence-corrected chi connectivity index (χ1v) is 9.99. The van der Waals surface area contributed by atoms with Crippen LogP contribution < -0.4 is 0 Å². The molecule has 21 heavy (non-hydrogen) atoms. The molecule has 2 unspecified atom stereocenters. The number of hydrogen-bond donors (Lipinski definition) is 0. The van der Waals surface area contributed by atoms with Crippen LogP contribution in [0.15, 0.2) is 0 Å². The van der Waals surface area contributed by atoms with Crippen LogP contribution in [0.25, 0.3) is 0 Å². The monoisotopic (exact) mass is 317 g/mol. The lowest BCUT2D eigenvalue weighted by Gasteiger charge is -2.43. The molecule has 2 heterocycles. The molecule has 122 valence electrons. The number of fused-ring (bicyclic) bond motifs is 1. The summed E-state index contributed by atoms with van der Waals surface area (Å²) in [5, 5.41) is -0.324. The molecule has 0 bridgehead atoms. The Morgan fingerprint density at radius 2 is 2.00 bits per heavy atom. The second kappa shape index (κ2) is 6.94. The fourth-order valence-corrected chi connectivity index (χ4v) is 5.79.